The lowest BCUT2D eigenvalue weighted by molar-refractivity contribution is 0.138. The molecule has 2 N–H and O–H groups in total. The van der Waals surface area contributed by atoms with Gasteiger partial charge < -0.3 is 15.4 Å². The molecule has 0 fully saturated rings. The molecule has 0 spiro atoms. The summed E-state index contributed by atoms with van der Waals surface area (Å²) in [6.45, 7) is 11.7. The summed E-state index contributed by atoms with van der Waals surface area (Å²) in [4.78, 5) is 2.45. The lowest BCUT2D eigenvalue weighted by atomic mass is 9.92. The van der Waals surface area contributed by atoms with Crippen molar-refractivity contribution < 1.29 is 4.74 Å². The second-order valence-electron chi connectivity index (χ2n) is 5.29. The summed E-state index contributed by atoms with van der Waals surface area (Å²) in [5.41, 5.74) is 5.94. The van der Waals surface area contributed by atoms with Crippen molar-refractivity contribution in [2.24, 2.45) is 11.1 Å². The van der Waals surface area contributed by atoms with Crippen LogP contribution in [0.2, 0.25) is 0 Å². The van der Waals surface area contributed by atoms with Crippen molar-refractivity contribution in [3.05, 3.63) is 0 Å². The summed E-state index contributed by atoms with van der Waals surface area (Å²) in [5, 5.41) is 0. The number of nitrogens with two attached hydrogens (primary N) is 1. The lowest BCUT2D eigenvalue weighted by Crippen LogP contribution is -2.32. The largest absolute Gasteiger partial charge is 0.383 e. The summed E-state index contributed by atoms with van der Waals surface area (Å²) in [7, 11) is 1.75. The zero-order valence-corrected chi connectivity index (χ0v) is 10.9. The SMILES string of the molecule is COCCN(CCCN)CCC(C)(C)C. The van der Waals surface area contributed by atoms with Crippen LogP contribution >= 0.6 is 0 Å². The fourth-order valence-corrected chi connectivity index (χ4v) is 1.36. The van der Waals surface area contributed by atoms with Crippen LogP contribution in [0.15, 0.2) is 0 Å². The van der Waals surface area contributed by atoms with E-state index in [2.05, 4.69) is 25.7 Å². The van der Waals surface area contributed by atoms with Gasteiger partial charge in [0.25, 0.3) is 0 Å². The molecular weight excluding hydrogens is 188 g/mol. The summed E-state index contributed by atoms with van der Waals surface area (Å²) in [6, 6.07) is 0. The van der Waals surface area contributed by atoms with Crippen LogP contribution in [0.3, 0.4) is 0 Å². The van der Waals surface area contributed by atoms with E-state index in [0.29, 0.717) is 5.41 Å². The van der Waals surface area contributed by atoms with Crippen LogP contribution in [0, 0.1) is 5.41 Å². The standard InChI is InChI=1S/C12H28N2O/c1-12(2,3)6-9-14(8-5-7-13)10-11-15-4/h5-11,13H2,1-4H3. The highest BCUT2D eigenvalue weighted by molar-refractivity contribution is 4.66. The van der Waals surface area contributed by atoms with E-state index in [1.54, 1.807) is 7.11 Å². The summed E-state index contributed by atoms with van der Waals surface area (Å²) in [5.74, 6) is 0. The molecule has 0 radical (unpaired) electrons. The Morgan fingerprint density at radius 1 is 1.13 bits per heavy atom. The maximum absolute atomic E-state index is 5.53. The molecule has 92 valence electrons. The van der Waals surface area contributed by atoms with Gasteiger partial charge in [-0.2, -0.15) is 0 Å². The Bertz CT molecular complexity index is 135. The van der Waals surface area contributed by atoms with E-state index in [-0.39, 0.29) is 0 Å². The highest BCUT2D eigenvalue weighted by Gasteiger charge is 2.12. The molecule has 0 atom stereocenters. The third-order valence-electron chi connectivity index (χ3n) is 2.47. The molecule has 0 aromatic carbocycles. The average molecular weight is 216 g/mol. The number of rotatable bonds is 8. The minimum atomic E-state index is 0.411. The maximum Gasteiger partial charge on any atom is 0.0589 e. The van der Waals surface area contributed by atoms with Gasteiger partial charge in [0.1, 0.15) is 0 Å². The molecule has 3 heteroatoms. The van der Waals surface area contributed by atoms with Crippen molar-refractivity contribution in [2.75, 3.05) is 39.9 Å². The van der Waals surface area contributed by atoms with Crippen molar-refractivity contribution in [1.29, 1.82) is 0 Å². The lowest BCUT2D eigenvalue weighted by Gasteiger charge is -2.26. The molecule has 0 saturated carbocycles. The normalized spacial score (nSPS) is 12.4. The van der Waals surface area contributed by atoms with Gasteiger partial charge in [-0.05, 0) is 37.9 Å². The van der Waals surface area contributed by atoms with Crippen LogP contribution in [0.25, 0.3) is 0 Å². The number of hydrogen-bond acceptors (Lipinski definition) is 3. The van der Waals surface area contributed by atoms with Gasteiger partial charge in [-0.3, -0.25) is 0 Å². The van der Waals surface area contributed by atoms with Crippen molar-refractivity contribution in [3.63, 3.8) is 0 Å². The zero-order chi connectivity index (χ0) is 11.7. The van der Waals surface area contributed by atoms with Crippen LogP contribution in [-0.4, -0.2) is 44.8 Å². The summed E-state index contributed by atoms with van der Waals surface area (Å²) < 4.78 is 5.11. The van der Waals surface area contributed by atoms with Gasteiger partial charge in [-0.1, -0.05) is 20.8 Å². The zero-order valence-electron chi connectivity index (χ0n) is 10.9. The molecule has 0 unspecified atom stereocenters. The molecular formula is C12H28N2O. The minimum absolute atomic E-state index is 0.411. The topological polar surface area (TPSA) is 38.5 Å². The molecule has 0 heterocycles. The summed E-state index contributed by atoms with van der Waals surface area (Å²) in [6.07, 6.45) is 2.30. The number of ether oxygens (including phenoxy) is 1. The Morgan fingerprint density at radius 3 is 2.27 bits per heavy atom. The Balaban J connectivity index is 3.78. The molecule has 0 aliphatic heterocycles. The molecule has 0 aliphatic rings. The van der Waals surface area contributed by atoms with E-state index < -0.39 is 0 Å². The number of methoxy groups -OCH3 is 1. The maximum atomic E-state index is 5.53. The first-order valence-electron chi connectivity index (χ1n) is 5.91. The number of hydrogen-bond donors (Lipinski definition) is 1. The molecule has 15 heavy (non-hydrogen) atoms. The molecule has 0 aromatic rings. The summed E-state index contributed by atoms with van der Waals surface area (Å²) >= 11 is 0. The van der Waals surface area contributed by atoms with E-state index in [1.165, 1.54) is 6.42 Å². The van der Waals surface area contributed by atoms with Crippen LogP contribution in [0.1, 0.15) is 33.6 Å². The van der Waals surface area contributed by atoms with Crippen LogP contribution in [0.4, 0.5) is 0 Å². The Kier molecular flexibility index (Phi) is 8.02. The molecule has 0 aliphatic carbocycles. The van der Waals surface area contributed by atoms with E-state index >= 15 is 0 Å². The van der Waals surface area contributed by atoms with Crippen molar-refractivity contribution >= 4 is 0 Å². The molecule has 0 saturated heterocycles. The third kappa shape index (κ3) is 10.2. The van der Waals surface area contributed by atoms with Crippen molar-refractivity contribution in [3.8, 4) is 0 Å². The highest BCUT2D eigenvalue weighted by Crippen LogP contribution is 2.18. The number of nitrogens with zero attached hydrogens (tertiary/aromatic N) is 1. The Labute approximate surface area is 95.0 Å². The molecule has 0 rings (SSSR count). The predicted octanol–water partition coefficient (Wildman–Crippen LogP) is 1.72. The van der Waals surface area contributed by atoms with E-state index in [4.69, 9.17) is 10.5 Å². The first kappa shape index (κ1) is 14.9. The molecule has 3 nitrogen and oxygen atoms in total. The Hall–Kier alpha value is -0.120. The quantitative estimate of drug-likeness (QED) is 0.671. The predicted molar refractivity (Wildman–Crippen MR) is 66.1 cm³/mol. The Morgan fingerprint density at radius 2 is 1.80 bits per heavy atom. The molecule has 0 amide bonds. The fourth-order valence-electron chi connectivity index (χ4n) is 1.36. The van der Waals surface area contributed by atoms with Crippen molar-refractivity contribution in [2.45, 2.75) is 33.6 Å². The van der Waals surface area contributed by atoms with E-state index in [0.717, 1.165) is 39.2 Å². The first-order valence-corrected chi connectivity index (χ1v) is 5.91. The minimum Gasteiger partial charge on any atom is -0.383 e. The van der Waals surface area contributed by atoms with E-state index in [9.17, 15) is 0 Å². The van der Waals surface area contributed by atoms with E-state index in [1.807, 2.05) is 0 Å². The van der Waals surface area contributed by atoms with Crippen molar-refractivity contribution in [1.82, 2.24) is 4.90 Å². The monoisotopic (exact) mass is 216 g/mol. The molecule has 0 aromatic heterocycles. The van der Waals surface area contributed by atoms with Crippen LogP contribution < -0.4 is 5.73 Å². The van der Waals surface area contributed by atoms with Crippen LogP contribution in [0.5, 0.6) is 0 Å². The van der Waals surface area contributed by atoms with Gasteiger partial charge in [-0.25, -0.2) is 0 Å². The smallest absolute Gasteiger partial charge is 0.0589 e. The van der Waals surface area contributed by atoms with Gasteiger partial charge in [0.05, 0.1) is 6.61 Å². The fraction of sp³-hybridized carbons (Fsp3) is 1.00. The van der Waals surface area contributed by atoms with Gasteiger partial charge in [-0.15, -0.1) is 0 Å². The second-order valence-corrected chi connectivity index (χ2v) is 5.29. The van der Waals surface area contributed by atoms with Gasteiger partial charge >= 0.3 is 0 Å². The van der Waals surface area contributed by atoms with Gasteiger partial charge in [0, 0.05) is 13.7 Å². The van der Waals surface area contributed by atoms with Gasteiger partial charge in [0.2, 0.25) is 0 Å². The highest BCUT2D eigenvalue weighted by atomic mass is 16.5. The average Bonchev–Trinajstić information content (AvgIpc) is 2.15. The van der Waals surface area contributed by atoms with Gasteiger partial charge in [0.15, 0.2) is 0 Å². The first-order chi connectivity index (χ1) is 6.99. The van der Waals surface area contributed by atoms with Crippen LogP contribution in [-0.2, 0) is 4.74 Å². The molecule has 0 bridgehead atoms. The second kappa shape index (κ2) is 8.08. The third-order valence-corrected chi connectivity index (χ3v) is 2.47.